The highest BCUT2D eigenvalue weighted by atomic mass is 35.5. The summed E-state index contributed by atoms with van der Waals surface area (Å²) >= 11 is 6.00. The summed E-state index contributed by atoms with van der Waals surface area (Å²) in [5.41, 5.74) is 1.09. The van der Waals surface area contributed by atoms with Crippen LogP contribution in [0.1, 0.15) is 21.6 Å². The zero-order valence-corrected chi connectivity index (χ0v) is 10.9. The zero-order chi connectivity index (χ0) is 14.5. The number of rotatable bonds is 4. The van der Waals surface area contributed by atoms with Crippen molar-refractivity contribution in [1.29, 1.82) is 5.26 Å². The monoisotopic (exact) mass is 288 g/mol. The van der Waals surface area contributed by atoms with Crippen LogP contribution in [0.4, 0.5) is 5.82 Å². The molecule has 0 radical (unpaired) electrons. The number of aromatic nitrogens is 2. The highest BCUT2D eigenvalue weighted by Crippen LogP contribution is 2.23. The molecule has 0 atom stereocenters. The molecule has 0 bridgehead atoms. The first-order valence-corrected chi connectivity index (χ1v) is 5.96. The van der Waals surface area contributed by atoms with Gasteiger partial charge in [-0.1, -0.05) is 17.7 Å². The van der Waals surface area contributed by atoms with E-state index in [4.69, 9.17) is 22.0 Å². The second kappa shape index (κ2) is 5.99. The predicted molar refractivity (Wildman–Crippen MR) is 72.5 cm³/mol. The average Bonchev–Trinajstić information content (AvgIpc) is 2.46. The molecular formula is C13H9ClN4O2. The first-order chi connectivity index (χ1) is 9.61. The van der Waals surface area contributed by atoms with Crippen LogP contribution in [-0.4, -0.2) is 21.0 Å². The molecule has 7 heteroatoms. The molecule has 2 N–H and O–H groups in total. The molecule has 0 fully saturated rings. The van der Waals surface area contributed by atoms with Gasteiger partial charge in [-0.25, -0.2) is 14.8 Å². The molecular weight excluding hydrogens is 280 g/mol. The highest BCUT2D eigenvalue weighted by Gasteiger charge is 2.07. The number of halogens is 1. The Morgan fingerprint density at radius 3 is 2.80 bits per heavy atom. The van der Waals surface area contributed by atoms with Gasteiger partial charge in [0.05, 0.1) is 5.56 Å². The van der Waals surface area contributed by atoms with Crippen LogP contribution in [0.15, 0.2) is 30.6 Å². The van der Waals surface area contributed by atoms with Crippen LogP contribution in [0, 0.1) is 11.3 Å². The molecule has 0 amide bonds. The van der Waals surface area contributed by atoms with Crippen molar-refractivity contribution >= 4 is 23.4 Å². The maximum Gasteiger partial charge on any atom is 0.354 e. The summed E-state index contributed by atoms with van der Waals surface area (Å²) in [6.45, 7) is 0.370. The third-order valence-electron chi connectivity index (χ3n) is 2.51. The Morgan fingerprint density at radius 1 is 1.40 bits per heavy atom. The molecule has 0 saturated heterocycles. The lowest BCUT2D eigenvalue weighted by Crippen LogP contribution is -2.05. The van der Waals surface area contributed by atoms with Crippen molar-refractivity contribution in [3.8, 4) is 6.07 Å². The molecule has 0 aliphatic carbocycles. The van der Waals surface area contributed by atoms with E-state index in [1.165, 1.54) is 24.5 Å². The standard InChI is InChI=1S/C13H9ClN4O2/c14-11-9(5-15)3-4-16-12(11)18-7-8-1-2-10(13(19)20)17-6-8/h1-4,6H,7H2,(H,16,18)(H,19,20). The number of hydrogen-bond acceptors (Lipinski definition) is 5. The fourth-order valence-electron chi connectivity index (χ4n) is 1.49. The molecule has 0 aliphatic heterocycles. The lowest BCUT2D eigenvalue weighted by molar-refractivity contribution is 0.0690. The van der Waals surface area contributed by atoms with Crippen molar-refractivity contribution in [2.24, 2.45) is 0 Å². The second-order valence-electron chi connectivity index (χ2n) is 3.84. The van der Waals surface area contributed by atoms with E-state index in [1.54, 1.807) is 6.07 Å². The van der Waals surface area contributed by atoms with E-state index in [0.29, 0.717) is 17.9 Å². The molecule has 2 heterocycles. The first kappa shape index (κ1) is 13.8. The largest absolute Gasteiger partial charge is 0.477 e. The van der Waals surface area contributed by atoms with Crippen LogP contribution in [0.25, 0.3) is 0 Å². The quantitative estimate of drug-likeness (QED) is 0.895. The smallest absolute Gasteiger partial charge is 0.354 e. The van der Waals surface area contributed by atoms with Gasteiger partial charge in [0, 0.05) is 18.9 Å². The van der Waals surface area contributed by atoms with Crippen molar-refractivity contribution in [3.63, 3.8) is 0 Å². The minimum absolute atomic E-state index is 0.0172. The highest BCUT2D eigenvalue weighted by molar-refractivity contribution is 6.34. The number of hydrogen-bond donors (Lipinski definition) is 2. The van der Waals surface area contributed by atoms with Crippen molar-refractivity contribution in [2.45, 2.75) is 6.54 Å². The Morgan fingerprint density at radius 2 is 2.20 bits per heavy atom. The third kappa shape index (κ3) is 3.02. The Kier molecular flexibility index (Phi) is 4.13. The molecule has 0 unspecified atom stereocenters. The number of anilines is 1. The van der Waals surface area contributed by atoms with E-state index in [2.05, 4.69) is 15.3 Å². The number of nitrogens with one attached hydrogen (secondary N) is 1. The topological polar surface area (TPSA) is 98.9 Å². The minimum Gasteiger partial charge on any atom is -0.477 e. The molecule has 0 spiro atoms. The van der Waals surface area contributed by atoms with E-state index in [1.807, 2.05) is 6.07 Å². The van der Waals surface area contributed by atoms with Crippen molar-refractivity contribution in [1.82, 2.24) is 9.97 Å². The Labute approximate surface area is 119 Å². The summed E-state index contributed by atoms with van der Waals surface area (Å²) in [6, 6.07) is 6.55. The SMILES string of the molecule is N#Cc1ccnc(NCc2ccc(C(=O)O)nc2)c1Cl. The van der Waals surface area contributed by atoms with Crippen molar-refractivity contribution in [3.05, 3.63) is 52.4 Å². The number of aromatic carboxylic acids is 1. The van der Waals surface area contributed by atoms with E-state index < -0.39 is 5.97 Å². The van der Waals surface area contributed by atoms with Gasteiger partial charge in [-0.2, -0.15) is 5.26 Å². The van der Waals surface area contributed by atoms with Gasteiger partial charge in [-0.15, -0.1) is 0 Å². The molecule has 20 heavy (non-hydrogen) atoms. The van der Waals surface area contributed by atoms with Gasteiger partial charge < -0.3 is 10.4 Å². The molecule has 0 aliphatic rings. The fraction of sp³-hybridized carbons (Fsp3) is 0.0769. The van der Waals surface area contributed by atoms with E-state index in [9.17, 15) is 4.79 Å². The lowest BCUT2D eigenvalue weighted by Gasteiger charge is -2.08. The summed E-state index contributed by atoms with van der Waals surface area (Å²) in [7, 11) is 0. The van der Waals surface area contributed by atoms with Crippen LogP contribution in [-0.2, 0) is 6.54 Å². The molecule has 0 saturated carbocycles. The van der Waals surface area contributed by atoms with Gasteiger partial charge in [-0.05, 0) is 17.7 Å². The summed E-state index contributed by atoms with van der Waals surface area (Å²) in [5.74, 6) is -0.677. The van der Waals surface area contributed by atoms with Crippen LogP contribution in [0.3, 0.4) is 0 Å². The molecule has 6 nitrogen and oxygen atoms in total. The van der Waals surface area contributed by atoms with E-state index >= 15 is 0 Å². The zero-order valence-electron chi connectivity index (χ0n) is 10.2. The number of carboxylic acid groups (broad SMARTS) is 1. The number of carboxylic acids is 1. The van der Waals surface area contributed by atoms with Crippen molar-refractivity contribution in [2.75, 3.05) is 5.32 Å². The molecule has 2 aromatic heterocycles. The summed E-state index contributed by atoms with van der Waals surface area (Å²) in [6.07, 6.45) is 2.94. The Balaban J connectivity index is 2.09. The second-order valence-corrected chi connectivity index (χ2v) is 4.22. The van der Waals surface area contributed by atoms with E-state index in [-0.39, 0.29) is 10.7 Å². The maximum absolute atomic E-state index is 10.7. The van der Waals surface area contributed by atoms with Crippen LogP contribution in [0.2, 0.25) is 5.02 Å². The third-order valence-corrected chi connectivity index (χ3v) is 2.90. The van der Waals surface area contributed by atoms with Gasteiger partial charge >= 0.3 is 5.97 Å². The van der Waals surface area contributed by atoms with Crippen molar-refractivity contribution < 1.29 is 9.90 Å². The maximum atomic E-state index is 10.7. The van der Waals surface area contributed by atoms with Crippen LogP contribution < -0.4 is 5.32 Å². The van der Waals surface area contributed by atoms with E-state index in [0.717, 1.165) is 5.56 Å². The summed E-state index contributed by atoms with van der Waals surface area (Å²) in [5, 5.41) is 20.8. The number of carbonyl (C=O) groups is 1. The van der Waals surface area contributed by atoms with Gasteiger partial charge in [0.1, 0.15) is 22.6 Å². The van der Waals surface area contributed by atoms with Crippen LogP contribution in [0.5, 0.6) is 0 Å². The number of nitrogens with zero attached hydrogens (tertiary/aromatic N) is 3. The average molecular weight is 289 g/mol. The Hall–Kier alpha value is -2.65. The summed E-state index contributed by atoms with van der Waals surface area (Å²) < 4.78 is 0. The van der Waals surface area contributed by atoms with Gasteiger partial charge in [-0.3, -0.25) is 0 Å². The molecule has 100 valence electrons. The Bertz CT molecular complexity index is 680. The van der Waals surface area contributed by atoms with Crippen LogP contribution >= 0.6 is 11.6 Å². The fourth-order valence-corrected chi connectivity index (χ4v) is 1.72. The molecule has 2 aromatic rings. The molecule has 2 rings (SSSR count). The summed E-state index contributed by atoms with van der Waals surface area (Å²) in [4.78, 5) is 18.5. The lowest BCUT2D eigenvalue weighted by atomic mass is 10.2. The molecule has 0 aromatic carbocycles. The first-order valence-electron chi connectivity index (χ1n) is 5.58. The normalized spacial score (nSPS) is 9.80. The minimum atomic E-state index is -1.07. The number of pyridine rings is 2. The predicted octanol–water partition coefficient (Wildman–Crippen LogP) is 2.31. The van der Waals surface area contributed by atoms with Gasteiger partial charge in [0.25, 0.3) is 0 Å². The number of nitriles is 1. The van der Waals surface area contributed by atoms with Gasteiger partial charge in [0.15, 0.2) is 0 Å². The van der Waals surface area contributed by atoms with Gasteiger partial charge in [0.2, 0.25) is 0 Å².